The van der Waals surface area contributed by atoms with E-state index in [1.807, 2.05) is 24.3 Å². The number of aromatic amines is 2. The summed E-state index contributed by atoms with van der Waals surface area (Å²) in [5.74, 6) is 0.530. The van der Waals surface area contributed by atoms with Crippen LogP contribution in [-0.2, 0) is 44.9 Å². The van der Waals surface area contributed by atoms with Crippen molar-refractivity contribution in [1.29, 1.82) is 0 Å². The van der Waals surface area contributed by atoms with E-state index in [9.17, 15) is 0 Å². The third-order valence-electron chi connectivity index (χ3n) is 12.0. The first-order valence-electron chi connectivity index (χ1n) is 22.4. The van der Waals surface area contributed by atoms with Gasteiger partial charge in [0.15, 0.2) is 23.0 Å². The normalized spacial score (nSPS) is 16.2. The molecule has 4 aliphatic rings. The smallest absolute Gasteiger partial charge is 0.414 e. The van der Waals surface area contributed by atoms with Crippen LogP contribution >= 0.6 is 0 Å². The Kier molecular flexibility index (Phi) is 15.2. The number of hydrogen-bond acceptors (Lipinski definition) is 14. The highest BCUT2D eigenvalue weighted by Gasteiger charge is 2.27. The maximum atomic E-state index is 9.10. The number of methoxy groups -OCH3 is 2. The molecule has 0 amide bonds. The molecule has 6 aromatic rings. The van der Waals surface area contributed by atoms with Crippen LogP contribution in [0.15, 0.2) is 83.1 Å². The second-order valence-electron chi connectivity index (χ2n) is 16.7. The zero-order valence-corrected chi connectivity index (χ0v) is 38.4. The zero-order valence-electron chi connectivity index (χ0n) is 38.4. The Morgan fingerprint density at radius 3 is 1.49 bits per heavy atom. The van der Waals surface area contributed by atoms with Gasteiger partial charge in [-0.25, -0.2) is 9.59 Å². The fourth-order valence-electron chi connectivity index (χ4n) is 8.74. The molecule has 0 aliphatic carbocycles. The molecule has 68 heavy (non-hydrogen) atoms. The van der Waals surface area contributed by atoms with Crippen molar-refractivity contribution in [1.82, 2.24) is 20.6 Å². The summed E-state index contributed by atoms with van der Waals surface area (Å²) in [6, 6.07) is 24.9. The van der Waals surface area contributed by atoms with Crippen LogP contribution in [0.1, 0.15) is 46.5 Å². The first-order valence-corrected chi connectivity index (χ1v) is 22.4. The largest absolute Gasteiger partial charge is 0.493 e. The number of hydrogen-bond donors (Lipinski definition) is 6. The highest BCUT2D eigenvalue weighted by molar-refractivity contribution is 6.27. The van der Waals surface area contributed by atoms with Crippen molar-refractivity contribution in [2.45, 2.75) is 64.6 Å². The van der Waals surface area contributed by atoms with Gasteiger partial charge in [0.25, 0.3) is 0 Å². The SMILES string of the molecule is COc1cc(CC2CC(CNCCc3c(C)[nH]c4ccccc34)=NO2)cc2c1OCO2.COc1cc(CC2CC(CNCCc3c(C)[nH]c4ccccc34)=NO2)cc2c1OCO2.O=C(O)C(=O)O. The van der Waals surface area contributed by atoms with Gasteiger partial charge in [-0.1, -0.05) is 46.7 Å². The molecule has 2 atom stereocenters. The number of aliphatic carboxylic acids is 2. The predicted molar refractivity (Wildman–Crippen MR) is 254 cm³/mol. The molecule has 0 radical (unpaired) electrons. The number of fused-ring (bicyclic) bond motifs is 4. The number of benzene rings is 4. The Balaban J connectivity index is 0.000000164. The molecule has 4 aliphatic heterocycles. The van der Waals surface area contributed by atoms with Gasteiger partial charge in [-0.2, -0.15) is 0 Å². The predicted octanol–water partition coefficient (Wildman–Crippen LogP) is 6.62. The minimum absolute atomic E-state index is 0.0257. The van der Waals surface area contributed by atoms with Crippen LogP contribution in [-0.4, -0.2) is 110 Å². The van der Waals surface area contributed by atoms with E-state index < -0.39 is 11.9 Å². The Bertz CT molecular complexity index is 2630. The van der Waals surface area contributed by atoms with Gasteiger partial charge in [0, 0.05) is 72.0 Å². The molecule has 2 aromatic heterocycles. The highest BCUT2D eigenvalue weighted by Crippen LogP contribution is 2.43. The summed E-state index contributed by atoms with van der Waals surface area (Å²) in [7, 11) is 3.27. The van der Waals surface area contributed by atoms with Crippen molar-refractivity contribution in [2.24, 2.45) is 10.3 Å². The van der Waals surface area contributed by atoms with Crippen molar-refractivity contribution >= 4 is 45.2 Å². The molecular formula is C50H56N6O12. The lowest BCUT2D eigenvalue weighted by molar-refractivity contribution is -0.159. The van der Waals surface area contributed by atoms with E-state index in [1.165, 1.54) is 44.3 Å². The summed E-state index contributed by atoms with van der Waals surface area (Å²) >= 11 is 0. The average Bonchev–Trinajstić information content (AvgIpc) is 4.21. The minimum atomic E-state index is -1.82. The van der Waals surface area contributed by atoms with Crippen molar-refractivity contribution < 1.29 is 57.9 Å². The number of para-hydroxylation sites is 2. The van der Waals surface area contributed by atoms with Crippen LogP contribution in [0, 0.1) is 13.8 Å². The number of carboxylic acid groups (broad SMARTS) is 2. The van der Waals surface area contributed by atoms with Crippen molar-refractivity contribution in [2.75, 3.05) is 54.0 Å². The number of carbonyl (C=O) groups is 2. The second kappa shape index (κ2) is 21.9. The lowest BCUT2D eigenvalue weighted by Crippen LogP contribution is -2.25. The van der Waals surface area contributed by atoms with Crippen LogP contribution in [0.5, 0.6) is 34.5 Å². The van der Waals surface area contributed by atoms with E-state index >= 15 is 0 Å². The summed E-state index contributed by atoms with van der Waals surface area (Å²) in [6.45, 7) is 8.00. The van der Waals surface area contributed by atoms with Gasteiger partial charge < -0.3 is 68.9 Å². The van der Waals surface area contributed by atoms with E-state index in [0.717, 1.165) is 98.8 Å². The molecule has 0 bridgehead atoms. The van der Waals surface area contributed by atoms with Gasteiger partial charge in [-0.05, 0) is 98.4 Å². The Hall–Kier alpha value is -7.44. The number of nitrogens with one attached hydrogen (secondary N) is 4. The molecule has 0 spiro atoms. The number of oxime groups is 2. The molecule has 0 saturated heterocycles. The van der Waals surface area contributed by atoms with Crippen molar-refractivity contribution in [3.8, 4) is 34.5 Å². The lowest BCUT2D eigenvalue weighted by Gasteiger charge is -2.11. The van der Waals surface area contributed by atoms with Crippen LogP contribution < -0.4 is 39.1 Å². The molecule has 18 heteroatoms. The standard InChI is InChI=1S/2C24H27N3O4.C2H2O4/c2*1-15-19(20-5-3-4-6-21(20)26-15)7-8-25-13-17-12-18(31-27-17)9-16-10-22(28-2)24-23(11-16)29-14-30-24;3-1(4)2(5)6/h2*3-6,10-11,18,25-26H,7-9,12-14H2,1-2H3;(H,3,4)(H,5,6). The molecule has 6 N–H and O–H groups in total. The minimum Gasteiger partial charge on any atom is -0.493 e. The first-order chi connectivity index (χ1) is 33.1. The number of ether oxygens (including phenoxy) is 6. The monoisotopic (exact) mass is 932 g/mol. The Labute approximate surface area is 392 Å². The Morgan fingerprint density at radius 1 is 0.647 bits per heavy atom. The van der Waals surface area contributed by atoms with Crippen LogP contribution in [0.25, 0.3) is 21.8 Å². The van der Waals surface area contributed by atoms with Gasteiger partial charge in [0.05, 0.1) is 25.6 Å². The van der Waals surface area contributed by atoms with Gasteiger partial charge in [0.2, 0.25) is 25.1 Å². The second-order valence-corrected chi connectivity index (χ2v) is 16.7. The van der Waals surface area contributed by atoms with E-state index in [1.54, 1.807) is 14.2 Å². The highest BCUT2D eigenvalue weighted by atomic mass is 16.7. The fraction of sp³-hybridized carbons (Fsp3) is 0.360. The molecule has 10 rings (SSSR count). The summed E-state index contributed by atoms with van der Waals surface area (Å²) in [6.07, 6.45) is 5.12. The molecule has 18 nitrogen and oxygen atoms in total. The number of nitrogens with zero attached hydrogens (tertiary/aromatic N) is 2. The van der Waals surface area contributed by atoms with Crippen LogP contribution in [0.4, 0.5) is 0 Å². The third kappa shape index (κ3) is 11.4. The van der Waals surface area contributed by atoms with E-state index in [2.05, 4.69) is 93.3 Å². The maximum Gasteiger partial charge on any atom is 0.414 e. The molecule has 4 aromatic carbocycles. The molecule has 0 saturated carbocycles. The zero-order chi connectivity index (χ0) is 47.6. The first kappa shape index (κ1) is 47.1. The van der Waals surface area contributed by atoms with E-state index in [-0.39, 0.29) is 25.8 Å². The summed E-state index contributed by atoms with van der Waals surface area (Å²) < 4.78 is 32.8. The topological polar surface area (TPSA) is 229 Å². The van der Waals surface area contributed by atoms with E-state index in [0.29, 0.717) is 23.0 Å². The van der Waals surface area contributed by atoms with E-state index in [4.69, 9.17) is 57.9 Å². The van der Waals surface area contributed by atoms with Gasteiger partial charge in [-0.3, -0.25) is 0 Å². The Morgan fingerprint density at radius 2 is 1.07 bits per heavy atom. The number of H-pyrrole nitrogens is 2. The molecular weight excluding hydrogens is 877 g/mol. The summed E-state index contributed by atoms with van der Waals surface area (Å²) in [5.41, 5.74) is 11.9. The lowest BCUT2D eigenvalue weighted by atomic mass is 10.0. The number of rotatable bonds is 16. The average molecular weight is 933 g/mol. The van der Waals surface area contributed by atoms with Crippen molar-refractivity contribution in [3.63, 3.8) is 0 Å². The summed E-state index contributed by atoms with van der Waals surface area (Å²) in [5, 5.41) is 33.0. The van der Waals surface area contributed by atoms with Gasteiger partial charge in [-0.15, -0.1) is 0 Å². The van der Waals surface area contributed by atoms with Gasteiger partial charge in [0.1, 0.15) is 12.2 Å². The maximum absolute atomic E-state index is 9.10. The fourth-order valence-corrected chi connectivity index (χ4v) is 8.74. The molecule has 2 unspecified atom stereocenters. The van der Waals surface area contributed by atoms with Crippen LogP contribution in [0.2, 0.25) is 0 Å². The molecule has 6 heterocycles. The number of carboxylic acids is 2. The number of aryl methyl sites for hydroxylation is 2. The van der Waals surface area contributed by atoms with Crippen LogP contribution in [0.3, 0.4) is 0 Å². The number of aromatic nitrogens is 2. The third-order valence-corrected chi connectivity index (χ3v) is 12.0. The van der Waals surface area contributed by atoms with Crippen molar-refractivity contribution in [3.05, 3.63) is 106 Å². The van der Waals surface area contributed by atoms with Gasteiger partial charge >= 0.3 is 11.9 Å². The summed E-state index contributed by atoms with van der Waals surface area (Å²) in [4.78, 5) is 36.5. The quantitative estimate of drug-likeness (QED) is 0.0443. The molecule has 358 valence electrons. The molecule has 0 fully saturated rings.